The van der Waals surface area contributed by atoms with Crippen molar-refractivity contribution < 1.29 is 9.32 Å². The van der Waals surface area contributed by atoms with Gasteiger partial charge in [0.1, 0.15) is 5.76 Å². The molecular weight excluding hydrogens is 254 g/mol. The number of carbonyl (C=O) groups is 1. The predicted octanol–water partition coefficient (Wildman–Crippen LogP) is 1.98. The Morgan fingerprint density at radius 1 is 1.45 bits per heavy atom. The second-order valence-corrected chi connectivity index (χ2v) is 6.01. The summed E-state index contributed by atoms with van der Waals surface area (Å²) in [6.07, 6.45) is 2.15. The van der Waals surface area contributed by atoms with Gasteiger partial charge in [0.25, 0.3) is 0 Å². The highest BCUT2D eigenvalue weighted by Crippen LogP contribution is 2.27. The summed E-state index contributed by atoms with van der Waals surface area (Å²) >= 11 is 0. The Bertz CT molecular complexity index is 462. The average Bonchev–Trinajstić information content (AvgIpc) is 2.76. The molecule has 1 saturated heterocycles. The third kappa shape index (κ3) is 2.87. The van der Waals surface area contributed by atoms with Gasteiger partial charge in [0.15, 0.2) is 0 Å². The zero-order chi connectivity index (χ0) is 14.9. The van der Waals surface area contributed by atoms with Crippen molar-refractivity contribution in [3.63, 3.8) is 0 Å². The highest BCUT2D eigenvalue weighted by molar-refractivity contribution is 5.84. The lowest BCUT2D eigenvalue weighted by atomic mass is 9.90. The van der Waals surface area contributed by atoms with Crippen LogP contribution >= 0.6 is 0 Å². The minimum absolute atomic E-state index is 0.139. The van der Waals surface area contributed by atoms with E-state index >= 15 is 0 Å². The lowest BCUT2D eigenvalue weighted by molar-refractivity contribution is -0.134. The summed E-state index contributed by atoms with van der Waals surface area (Å²) in [5, 5.41) is 3.94. The molecule has 1 aliphatic heterocycles. The number of hydrogen-bond donors (Lipinski definition) is 1. The SMILES string of the molecule is Cc1noc(C)c1C(C)C(=O)N1CCCC(C(C)N)C1. The van der Waals surface area contributed by atoms with Crippen LogP contribution in [-0.4, -0.2) is 35.1 Å². The molecule has 2 heterocycles. The molecule has 0 aliphatic carbocycles. The van der Waals surface area contributed by atoms with Gasteiger partial charge in [-0.25, -0.2) is 0 Å². The zero-order valence-electron chi connectivity index (χ0n) is 12.8. The number of nitrogens with zero attached hydrogens (tertiary/aromatic N) is 2. The summed E-state index contributed by atoms with van der Waals surface area (Å²) in [6.45, 7) is 9.30. The predicted molar refractivity (Wildman–Crippen MR) is 77.3 cm³/mol. The van der Waals surface area contributed by atoms with Crippen molar-refractivity contribution in [2.75, 3.05) is 13.1 Å². The minimum atomic E-state index is -0.201. The minimum Gasteiger partial charge on any atom is -0.361 e. The summed E-state index contributed by atoms with van der Waals surface area (Å²) in [7, 11) is 0. The third-order valence-electron chi connectivity index (χ3n) is 4.41. The van der Waals surface area contributed by atoms with Gasteiger partial charge < -0.3 is 15.2 Å². The molecule has 1 aromatic rings. The van der Waals surface area contributed by atoms with E-state index < -0.39 is 0 Å². The lowest BCUT2D eigenvalue weighted by Gasteiger charge is -2.36. The van der Waals surface area contributed by atoms with Crippen LogP contribution < -0.4 is 5.73 Å². The smallest absolute Gasteiger partial charge is 0.230 e. The second-order valence-electron chi connectivity index (χ2n) is 6.01. The highest BCUT2D eigenvalue weighted by Gasteiger charge is 2.31. The van der Waals surface area contributed by atoms with E-state index in [4.69, 9.17) is 10.3 Å². The molecule has 20 heavy (non-hydrogen) atoms. The van der Waals surface area contributed by atoms with Crippen LogP contribution in [0.2, 0.25) is 0 Å². The fourth-order valence-corrected chi connectivity index (χ4v) is 3.14. The number of piperidine rings is 1. The van der Waals surface area contributed by atoms with E-state index in [2.05, 4.69) is 5.16 Å². The molecule has 0 aromatic carbocycles. The normalized spacial score (nSPS) is 22.6. The molecule has 1 amide bonds. The van der Waals surface area contributed by atoms with Gasteiger partial charge in [-0.15, -0.1) is 0 Å². The van der Waals surface area contributed by atoms with Crippen LogP contribution in [-0.2, 0) is 4.79 Å². The third-order valence-corrected chi connectivity index (χ3v) is 4.41. The number of aryl methyl sites for hydroxylation is 2. The first kappa shape index (κ1) is 15.0. The number of aromatic nitrogens is 1. The molecule has 112 valence electrons. The number of hydrogen-bond acceptors (Lipinski definition) is 4. The van der Waals surface area contributed by atoms with Crippen LogP contribution in [0.15, 0.2) is 4.52 Å². The van der Waals surface area contributed by atoms with E-state index in [1.54, 1.807) is 0 Å². The van der Waals surface area contributed by atoms with E-state index in [-0.39, 0.29) is 17.9 Å². The van der Waals surface area contributed by atoms with Gasteiger partial charge in [0, 0.05) is 24.7 Å². The van der Waals surface area contributed by atoms with Gasteiger partial charge in [-0.3, -0.25) is 4.79 Å². The molecule has 2 rings (SSSR count). The van der Waals surface area contributed by atoms with Crippen LogP contribution in [0, 0.1) is 19.8 Å². The second kappa shape index (κ2) is 5.95. The van der Waals surface area contributed by atoms with Crippen molar-refractivity contribution in [1.29, 1.82) is 0 Å². The summed E-state index contributed by atoms with van der Waals surface area (Å²) in [5.74, 6) is 1.10. The molecule has 3 atom stereocenters. The molecular formula is C15H25N3O2. The number of carbonyl (C=O) groups excluding carboxylic acids is 1. The standard InChI is InChI=1S/C15H25N3O2/c1-9(14-11(3)17-20-12(14)4)15(19)18-7-5-6-13(8-18)10(2)16/h9-10,13H,5-8,16H2,1-4H3. The summed E-state index contributed by atoms with van der Waals surface area (Å²) in [5.41, 5.74) is 7.72. The van der Waals surface area contributed by atoms with Crippen molar-refractivity contribution in [3.05, 3.63) is 17.0 Å². The van der Waals surface area contributed by atoms with Crippen LogP contribution in [0.1, 0.15) is 49.6 Å². The zero-order valence-corrected chi connectivity index (χ0v) is 12.8. The fourth-order valence-electron chi connectivity index (χ4n) is 3.14. The maximum absolute atomic E-state index is 12.7. The molecule has 5 nitrogen and oxygen atoms in total. The lowest BCUT2D eigenvalue weighted by Crippen LogP contribution is -2.46. The van der Waals surface area contributed by atoms with E-state index in [1.165, 1.54) is 0 Å². The topological polar surface area (TPSA) is 72.4 Å². The molecule has 2 N–H and O–H groups in total. The van der Waals surface area contributed by atoms with E-state index in [0.717, 1.165) is 42.9 Å². The van der Waals surface area contributed by atoms with Gasteiger partial charge in [0.05, 0.1) is 11.6 Å². The molecule has 5 heteroatoms. The van der Waals surface area contributed by atoms with Crippen molar-refractivity contribution in [1.82, 2.24) is 10.1 Å². The molecule has 0 spiro atoms. The average molecular weight is 279 g/mol. The van der Waals surface area contributed by atoms with Crippen LogP contribution in [0.5, 0.6) is 0 Å². The van der Waals surface area contributed by atoms with Crippen molar-refractivity contribution in [2.24, 2.45) is 11.7 Å². The molecule has 0 radical (unpaired) electrons. The fraction of sp³-hybridized carbons (Fsp3) is 0.733. The first-order chi connectivity index (χ1) is 9.41. The Kier molecular flexibility index (Phi) is 4.48. The van der Waals surface area contributed by atoms with E-state index in [9.17, 15) is 4.79 Å². The quantitative estimate of drug-likeness (QED) is 0.918. The maximum atomic E-state index is 12.7. The number of nitrogens with two attached hydrogens (primary N) is 1. The molecule has 1 aliphatic rings. The molecule has 0 bridgehead atoms. The number of likely N-dealkylation sites (tertiary alicyclic amines) is 1. The van der Waals surface area contributed by atoms with E-state index in [0.29, 0.717) is 5.92 Å². The molecule has 0 saturated carbocycles. The molecule has 1 aromatic heterocycles. The summed E-state index contributed by atoms with van der Waals surface area (Å²) in [4.78, 5) is 14.6. The van der Waals surface area contributed by atoms with Gasteiger partial charge in [-0.2, -0.15) is 0 Å². The molecule has 1 fully saturated rings. The van der Waals surface area contributed by atoms with E-state index in [1.807, 2.05) is 32.6 Å². The Labute approximate surface area is 120 Å². The Hall–Kier alpha value is -1.36. The molecule has 3 unspecified atom stereocenters. The summed E-state index contributed by atoms with van der Waals surface area (Å²) in [6, 6.07) is 0.139. The van der Waals surface area contributed by atoms with Crippen molar-refractivity contribution in [2.45, 2.75) is 52.5 Å². The Balaban J connectivity index is 2.11. The first-order valence-electron chi connectivity index (χ1n) is 7.39. The van der Waals surface area contributed by atoms with Crippen molar-refractivity contribution >= 4 is 5.91 Å². The van der Waals surface area contributed by atoms with Crippen LogP contribution in [0.3, 0.4) is 0 Å². The Morgan fingerprint density at radius 3 is 2.70 bits per heavy atom. The first-order valence-corrected chi connectivity index (χ1v) is 7.39. The van der Waals surface area contributed by atoms with Gasteiger partial charge in [0.2, 0.25) is 5.91 Å². The summed E-state index contributed by atoms with van der Waals surface area (Å²) < 4.78 is 5.17. The highest BCUT2D eigenvalue weighted by atomic mass is 16.5. The maximum Gasteiger partial charge on any atom is 0.230 e. The Morgan fingerprint density at radius 2 is 2.15 bits per heavy atom. The monoisotopic (exact) mass is 279 g/mol. The van der Waals surface area contributed by atoms with Crippen molar-refractivity contribution in [3.8, 4) is 0 Å². The largest absolute Gasteiger partial charge is 0.361 e. The van der Waals surface area contributed by atoms with Gasteiger partial charge in [-0.1, -0.05) is 5.16 Å². The van der Waals surface area contributed by atoms with Gasteiger partial charge in [-0.05, 0) is 46.5 Å². The van der Waals surface area contributed by atoms with Crippen LogP contribution in [0.4, 0.5) is 0 Å². The number of rotatable bonds is 3. The van der Waals surface area contributed by atoms with Gasteiger partial charge >= 0.3 is 0 Å². The van der Waals surface area contributed by atoms with Crippen LogP contribution in [0.25, 0.3) is 0 Å². The number of amides is 1.